The highest BCUT2D eigenvalue weighted by atomic mass is 32.1. The first kappa shape index (κ1) is 18.2. The van der Waals surface area contributed by atoms with E-state index in [0.717, 1.165) is 40.4 Å². The van der Waals surface area contributed by atoms with Crippen molar-refractivity contribution in [2.75, 3.05) is 6.73 Å². The molecule has 0 unspecified atom stereocenters. The van der Waals surface area contributed by atoms with Gasteiger partial charge in [-0.25, -0.2) is 0 Å². The van der Waals surface area contributed by atoms with E-state index in [0.29, 0.717) is 23.8 Å². The van der Waals surface area contributed by atoms with E-state index in [9.17, 15) is 4.79 Å². The average Bonchev–Trinajstić information content (AvgIpc) is 3.27. The maximum atomic E-state index is 13.0. The van der Waals surface area contributed by atoms with Crippen LogP contribution < -0.4 is 9.47 Å². The third kappa shape index (κ3) is 3.26. The Morgan fingerprint density at radius 1 is 1.14 bits per heavy atom. The second kappa shape index (κ2) is 7.17. The SMILES string of the molecule is Cc1ccsc1/C=C1\Oc2c(cc3c(c2C)OCN(Cc2ccccc2)C3)C1=O. The molecule has 2 aliphatic rings. The largest absolute Gasteiger partial charge is 0.477 e. The highest BCUT2D eigenvalue weighted by molar-refractivity contribution is 7.11. The average molecular weight is 404 g/mol. The van der Waals surface area contributed by atoms with Crippen molar-refractivity contribution in [1.82, 2.24) is 4.90 Å². The van der Waals surface area contributed by atoms with Gasteiger partial charge in [0.1, 0.15) is 18.2 Å². The first-order chi connectivity index (χ1) is 14.1. The van der Waals surface area contributed by atoms with Crippen LogP contribution in [-0.2, 0) is 13.1 Å². The van der Waals surface area contributed by atoms with E-state index in [1.54, 1.807) is 11.3 Å². The maximum Gasteiger partial charge on any atom is 0.232 e. The fraction of sp³-hybridized carbons (Fsp3) is 0.208. The molecule has 0 saturated carbocycles. The number of Topliss-reactive ketones (excluding diaryl/α,β-unsaturated/α-hetero) is 1. The van der Waals surface area contributed by atoms with Crippen LogP contribution in [0.3, 0.4) is 0 Å². The van der Waals surface area contributed by atoms with Gasteiger partial charge in [0.15, 0.2) is 5.76 Å². The Bertz CT molecular complexity index is 1130. The molecule has 0 radical (unpaired) electrons. The van der Waals surface area contributed by atoms with E-state index in [4.69, 9.17) is 9.47 Å². The molecule has 0 saturated heterocycles. The number of nitrogens with zero attached hydrogens (tertiary/aromatic N) is 1. The molecule has 146 valence electrons. The van der Waals surface area contributed by atoms with Crippen LogP contribution >= 0.6 is 11.3 Å². The van der Waals surface area contributed by atoms with Crippen molar-refractivity contribution in [1.29, 1.82) is 0 Å². The van der Waals surface area contributed by atoms with E-state index < -0.39 is 0 Å². The summed E-state index contributed by atoms with van der Waals surface area (Å²) in [4.78, 5) is 16.3. The Hall–Kier alpha value is -2.89. The highest BCUT2D eigenvalue weighted by Gasteiger charge is 2.33. The quantitative estimate of drug-likeness (QED) is 0.554. The Labute approximate surface area is 174 Å². The van der Waals surface area contributed by atoms with Crippen molar-refractivity contribution >= 4 is 23.2 Å². The lowest BCUT2D eigenvalue weighted by molar-refractivity contribution is 0.0876. The van der Waals surface area contributed by atoms with E-state index in [2.05, 4.69) is 17.0 Å². The van der Waals surface area contributed by atoms with Gasteiger partial charge in [0.05, 0.1) is 5.56 Å². The highest BCUT2D eigenvalue weighted by Crippen LogP contribution is 2.43. The number of allylic oxidation sites excluding steroid dienone is 1. The Balaban J connectivity index is 1.44. The van der Waals surface area contributed by atoms with Gasteiger partial charge in [-0.2, -0.15) is 0 Å². The Morgan fingerprint density at radius 2 is 1.97 bits per heavy atom. The van der Waals surface area contributed by atoms with Gasteiger partial charge in [0, 0.05) is 35.2 Å². The molecule has 29 heavy (non-hydrogen) atoms. The number of thiophene rings is 1. The molecule has 0 fully saturated rings. The first-order valence-electron chi connectivity index (χ1n) is 9.64. The molecule has 1 aromatic heterocycles. The van der Waals surface area contributed by atoms with Gasteiger partial charge in [-0.15, -0.1) is 11.3 Å². The number of hydrogen-bond donors (Lipinski definition) is 0. The summed E-state index contributed by atoms with van der Waals surface area (Å²) < 4.78 is 12.1. The van der Waals surface area contributed by atoms with Crippen LogP contribution in [0.25, 0.3) is 6.08 Å². The van der Waals surface area contributed by atoms with Crippen LogP contribution in [0.15, 0.2) is 53.6 Å². The minimum absolute atomic E-state index is 0.0566. The summed E-state index contributed by atoms with van der Waals surface area (Å²) in [7, 11) is 0. The number of aryl methyl sites for hydroxylation is 1. The predicted molar refractivity (Wildman–Crippen MR) is 114 cm³/mol. The zero-order chi connectivity index (χ0) is 20.0. The normalized spacial score (nSPS) is 17.0. The topological polar surface area (TPSA) is 38.8 Å². The summed E-state index contributed by atoms with van der Waals surface area (Å²) in [6, 6.07) is 14.3. The third-order valence-corrected chi connectivity index (χ3v) is 6.38. The van der Waals surface area contributed by atoms with Crippen molar-refractivity contribution in [2.45, 2.75) is 26.9 Å². The number of benzene rings is 2. The lowest BCUT2D eigenvalue weighted by Crippen LogP contribution is -2.32. The second-order valence-corrected chi connectivity index (χ2v) is 8.47. The van der Waals surface area contributed by atoms with Gasteiger partial charge < -0.3 is 9.47 Å². The maximum absolute atomic E-state index is 13.0. The Kier molecular flexibility index (Phi) is 4.49. The summed E-state index contributed by atoms with van der Waals surface area (Å²) in [5, 5.41) is 2.02. The van der Waals surface area contributed by atoms with Crippen molar-refractivity contribution in [3.05, 3.63) is 86.3 Å². The van der Waals surface area contributed by atoms with Crippen LogP contribution in [0.2, 0.25) is 0 Å². The summed E-state index contributed by atoms with van der Waals surface area (Å²) in [6.07, 6.45) is 1.85. The summed E-state index contributed by atoms with van der Waals surface area (Å²) in [5.74, 6) is 1.80. The molecule has 4 nitrogen and oxygen atoms in total. The predicted octanol–water partition coefficient (Wildman–Crippen LogP) is 5.33. The van der Waals surface area contributed by atoms with Gasteiger partial charge in [-0.3, -0.25) is 9.69 Å². The van der Waals surface area contributed by atoms with Crippen molar-refractivity contribution in [2.24, 2.45) is 0 Å². The van der Waals surface area contributed by atoms with Crippen molar-refractivity contribution in [3.8, 4) is 11.5 Å². The molecule has 0 bridgehead atoms. The van der Waals surface area contributed by atoms with E-state index >= 15 is 0 Å². The smallest absolute Gasteiger partial charge is 0.232 e. The fourth-order valence-corrected chi connectivity index (χ4v) is 4.74. The molecule has 5 heteroatoms. The van der Waals surface area contributed by atoms with Gasteiger partial charge in [-0.05, 0) is 42.5 Å². The number of fused-ring (bicyclic) bond motifs is 2. The molecule has 0 spiro atoms. The van der Waals surface area contributed by atoms with Gasteiger partial charge >= 0.3 is 0 Å². The summed E-state index contributed by atoms with van der Waals surface area (Å²) >= 11 is 1.61. The van der Waals surface area contributed by atoms with Crippen LogP contribution in [0.5, 0.6) is 11.5 Å². The molecular formula is C24H21NO3S. The number of carbonyl (C=O) groups is 1. The lowest BCUT2D eigenvalue weighted by Gasteiger charge is -2.30. The molecule has 2 aromatic carbocycles. The number of ether oxygens (including phenoxy) is 2. The van der Waals surface area contributed by atoms with Crippen LogP contribution in [0.1, 0.15) is 37.5 Å². The molecule has 0 N–H and O–H groups in total. The van der Waals surface area contributed by atoms with Crippen LogP contribution in [0, 0.1) is 13.8 Å². The number of hydrogen-bond acceptors (Lipinski definition) is 5. The van der Waals surface area contributed by atoms with Crippen LogP contribution in [0.4, 0.5) is 0 Å². The molecule has 0 atom stereocenters. The van der Waals surface area contributed by atoms with E-state index in [1.165, 1.54) is 5.56 Å². The van der Waals surface area contributed by atoms with E-state index in [1.807, 2.05) is 55.6 Å². The Morgan fingerprint density at radius 3 is 2.72 bits per heavy atom. The van der Waals surface area contributed by atoms with Crippen LogP contribution in [-0.4, -0.2) is 17.4 Å². The fourth-order valence-electron chi connectivity index (χ4n) is 3.89. The zero-order valence-corrected chi connectivity index (χ0v) is 17.2. The zero-order valence-electron chi connectivity index (χ0n) is 16.4. The number of rotatable bonds is 3. The minimum atomic E-state index is -0.0566. The minimum Gasteiger partial charge on any atom is -0.477 e. The molecule has 3 heterocycles. The number of carbonyl (C=O) groups excluding carboxylic acids is 1. The number of ketones is 1. The first-order valence-corrected chi connectivity index (χ1v) is 10.5. The lowest BCUT2D eigenvalue weighted by atomic mass is 10.00. The van der Waals surface area contributed by atoms with E-state index in [-0.39, 0.29) is 5.78 Å². The molecular weight excluding hydrogens is 382 g/mol. The molecule has 2 aliphatic heterocycles. The standard InChI is InChI=1S/C24H21NO3S/c1-15-8-9-29-21(15)11-20-22(26)19-10-18-13-25(12-17-6-4-3-5-7-17)14-27-23(18)16(2)24(19)28-20/h3-11H,12-14H2,1-2H3/b20-11-. The molecule has 5 rings (SSSR count). The van der Waals surface area contributed by atoms with Crippen molar-refractivity contribution in [3.63, 3.8) is 0 Å². The molecule has 0 aliphatic carbocycles. The second-order valence-electron chi connectivity index (χ2n) is 7.52. The summed E-state index contributed by atoms with van der Waals surface area (Å²) in [6.45, 7) is 6.08. The van der Waals surface area contributed by atoms with Gasteiger partial charge in [0.2, 0.25) is 5.78 Å². The molecule has 3 aromatic rings. The van der Waals surface area contributed by atoms with Crippen molar-refractivity contribution < 1.29 is 14.3 Å². The van der Waals surface area contributed by atoms with Gasteiger partial charge in [0.25, 0.3) is 0 Å². The summed E-state index contributed by atoms with van der Waals surface area (Å²) in [5.41, 5.74) is 4.96. The molecule has 0 amide bonds. The van der Waals surface area contributed by atoms with Gasteiger partial charge in [-0.1, -0.05) is 30.3 Å². The third-order valence-electron chi connectivity index (χ3n) is 5.41. The monoisotopic (exact) mass is 403 g/mol.